The fourth-order valence-electron chi connectivity index (χ4n) is 0.742. The Labute approximate surface area is 86.4 Å². The predicted octanol–water partition coefficient (Wildman–Crippen LogP) is -0.695. The average molecular weight is 240 g/mol. The first-order valence-corrected chi connectivity index (χ1v) is 3.93. The molecule has 1 heterocycles. The quantitative estimate of drug-likeness (QED) is 0.643. The molecule has 90 valence electrons. The summed E-state index contributed by atoms with van der Waals surface area (Å²) in [6.45, 7) is -1.01. The number of aliphatic hydroxyl groups is 1. The fourth-order valence-corrected chi connectivity index (χ4v) is 0.742. The van der Waals surface area contributed by atoms with Crippen LogP contribution in [0.3, 0.4) is 0 Å². The Morgan fingerprint density at radius 2 is 2.19 bits per heavy atom. The molecule has 0 saturated carbocycles. The molecule has 0 radical (unpaired) electrons. The normalized spacial score (nSPS) is 13.5. The van der Waals surface area contributed by atoms with Gasteiger partial charge in [0.2, 0.25) is 11.5 Å². The van der Waals surface area contributed by atoms with Gasteiger partial charge in [-0.1, -0.05) is 0 Å². The molecule has 1 aromatic heterocycles. The van der Waals surface area contributed by atoms with E-state index in [-0.39, 0.29) is 5.82 Å². The molecule has 1 amide bonds. The standard InChI is InChI=1S/C6H7F3N4O3/c7-6(8,9)2(14)1-11-5(15)3-4(10)13-16-12-3/h2,14H,1H2,(H2,10,13)(H,11,15). The number of alkyl halides is 3. The van der Waals surface area contributed by atoms with Crippen LogP contribution in [-0.4, -0.2) is 40.2 Å². The number of rotatable bonds is 3. The van der Waals surface area contributed by atoms with Crippen molar-refractivity contribution in [3.63, 3.8) is 0 Å². The van der Waals surface area contributed by atoms with Crippen molar-refractivity contribution in [1.29, 1.82) is 0 Å². The van der Waals surface area contributed by atoms with E-state index < -0.39 is 30.4 Å². The number of anilines is 1. The fraction of sp³-hybridized carbons (Fsp3) is 0.500. The molecule has 1 aromatic rings. The van der Waals surface area contributed by atoms with Gasteiger partial charge in [-0.05, 0) is 10.3 Å². The SMILES string of the molecule is Nc1nonc1C(=O)NCC(O)C(F)(F)F. The first kappa shape index (κ1) is 12.2. The lowest BCUT2D eigenvalue weighted by Crippen LogP contribution is -2.40. The van der Waals surface area contributed by atoms with Crippen molar-refractivity contribution in [1.82, 2.24) is 15.6 Å². The number of hydrogen-bond donors (Lipinski definition) is 3. The summed E-state index contributed by atoms with van der Waals surface area (Å²) in [6, 6.07) is 0. The van der Waals surface area contributed by atoms with E-state index in [0.717, 1.165) is 0 Å². The van der Waals surface area contributed by atoms with Gasteiger partial charge in [-0.25, -0.2) is 4.63 Å². The number of hydrogen-bond acceptors (Lipinski definition) is 6. The lowest BCUT2D eigenvalue weighted by atomic mass is 10.3. The van der Waals surface area contributed by atoms with E-state index in [4.69, 9.17) is 10.8 Å². The van der Waals surface area contributed by atoms with Crippen LogP contribution in [0.4, 0.5) is 19.0 Å². The van der Waals surface area contributed by atoms with Gasteiger partial charge in [-0.15, -0.1) is 0 Å². The minimum Gasteiger partial charge on any atom is -0.382 e. The van der Waals surface area contributed by atoms with Crippen molar-refractivity contribution in [2.75, 3.05) is 12.3 Å². The molecule has 0 aliphatic carbocycles. The van der Waals surface area contributed by atoms with E-state index in [9.17, 15) is 18.0 Å². The van der Waals surface area contributed by atoms with E-state index in [1.807, 2.05) is 0 Å². The molecule has 0 saturated heterocycles. The molecular weight excluding hydrogens is 233 g/mol. The van der Waals surface area contributed by atoms with Crippen molar-refractivity contribution in [3.05, 3.63) is 5.69 Å². The molecule has 0 aromatic carbocycles. The van der Waals surface area contributed by atoms with Crippen LogP contribution < -0.4 is 11.1 Å². The number of amides is 1. The summed E-state index contributed by atoms with van der Waals surface area (Å²) in [5.41, 5.74) is 4.68. The monoisotopic (exact) mass is 240 g/mol. The minimum absolute atomic E-state index is 0.348. The predicted molar refractivity (Wildman–Crippen MR) is 43.1 cm³/mol. The Hall–Kier alpha value is -1.84. The van der Waals surface area contributed by atoms with Crippen LogP contribution >= 0.6 is 0 Å². The number of carbonyl (C=O) groups is 1. The molecule has 0 aliphatic rings. The lowest BCUT2D eigenvalue weighted by molar-refractivity contribution is -0.201. The number of aromatic nitrogens is 2. The van der Waals surface area contributed by atoms with E-state index in [0.29, 0.717) is 0 Å². The largest absolute Gasteiger partial charge is 0.416 e. The Bertz CT molecular complexity index is 377. The van der Waals surface area contributed by atoms with Crippen molar-refractivity contribution in [3.8, 4) is 0 Å². The zero-order valence-corrected chi connectivity index (χ0v) is 7.65. The van der Waals surface area contributed by atoms with Crippen LogP contribution in [0, 0.1) is 0 Å². The summed E-state index contributed by atoms with van der Waals surface area (Å²) in [5.74, 6) is -1.36. The number of nitrogens with zero attached hydrogens (tertiary/aromatic N) is 2. The van der Waals surface area contributed by atoms with Crippen molar-refractivity contribution in [2.45, 2.75) is 12.3 Å². The van der Waals surface area contributed by atoms with Gasteiger partial charge >= 0.3 is 6.18 Å². The van der Waals surface area contributed by atoms with Crippen LogP contribution in [0.25, 0.3) is 0 Å². The first-order chi connectivity index (χ1) is 7.32. The summed E-state index contributed by atoms with van der Waals surface area (Å²) >= 11 is 0. The first-order valence-electron chi connectivity index (χ1n) is 3.93. The van der Waals surface area contributed by atoms with Gasteiger partial charge in [-0.3, -0.25) is 4.79 Å². The Morgan fingerprint density at radius 1 is 1.56 bits per heavy atom. The molecular formula is C6H7F3N4O3. The van der Waals surface area contributed by atoms with E-state index >= 15 is 0 Å². The van der Waals surface area contributed by atoms with Crippen LogP contribution in [0.1, 0.15) is 10.5 Å². The van der Waals surface area contributed by atoms with Gasteiger partial charge in [-0.2, -0.15) is 13.2 Å². The van der Waals surface area contributed by atoms with Crippen LogP contribution in [0.2, 0.25) is 0 Å². The molecule has 1 atom stereocenters. The molecule has 16 heavy (non-hydrogen) atoms. The second-order valence-corrected chi connectivity index (χ2v) is 2.77. The number of carbonyl (C=O) groups excluding carboxylic acids is 1. The van der Waals surface area contributed by atoms with Gasteiger partial charge in [0, 0.05) is 0 Å². The van der Waals surface area contributed by atoms with Crippen molar-refractivity contribution < 1.29 is 27.7 Å². The molecule has 1 unspecified atom stereocenters. The number of halogens is 3. The van der Waals surface area contributed by atoms with Crippen molar-refractivity contribution in [2.24, 2.45) is 0 Å². The zero-order valence-electron chi connectivity index (χ0n) is 7.65. The molecule has 1 rings (SSSR count). The third-order valence-electron chi connectivity index (χ3n) is 1.56. The van der Waals surface area contributed by atoms with Crippen LogP contribution in [-0.2, 0) is 0 Å². The maximum Gasteiger partial charge on any atom is 0.416 e. The maximum atomic E-state index is 11.8. The highest BCUT2D eigenvalue weighted by Gasteiger charge is 2.38. The summed E-state index contributed by atoms with van der Waals surface area (Å²) in [5, 5.41) is 16.5. The molecule has 0 spiro atoms. The Kier molecular flexibility index (Phi) is 3.32. The van der Waals surface area contributed by atoms with Crippen LogP contribution in [0.15, 0.2) is 4.63 Å². The molecule has 0 bridgehead atoms. The van der Waals surface area contributed by atoms with Crippen molar-refractivity contribution >= 4 is 11.7 Å². The van der Waals surface area contributed by atoms with E-state index in [1.54, 1.807) is 5.32 Å². The van der Waals surface area contributed by atoms with Gasteiger partial charge in [0.1, 0.15) is 0 Å². The van der Waals surface area contributed by atoms with Gasteiger partial charge in [0.25, 0.3) is 5.91 Å². The molecule has 10 heteroatoms. The summed E-state index contributed by atoms with van der Waals surface area (Å²) in [7, 11) is 0. The second-order valence-electron chi connectivity index (χ2n) is 2.77. The Balaban J connectivity index is 2.52. The van der Waals surface area contributed by atoms with E-state index in [2.05, 4.69) is 14.9 Å². The molecule has 0 fully saturated rings. The Morgan fingerprint density at radius 3 is 2.62 bits per heavy atom. The number of aliphatic hydroxyl groups excluding tert-OH is 1. The number of nitrogens with two attached hydrogens (primary N) is 1. The van der Waals surface area contributed by atoms with Gasteiger partial charge in [0.15, 0.2) is 6.10 Å². The minimum atomic E-state index is -4.80. The van der Waals surface area contributed by atoms with Crippen LogP contribution in [0.5, 0.6) is 0 Å². The highest BCUT2D eigenvalue weighted by atomic mass is 19.4. The van der Waals surface area contributed by atoms with Gasteiger partial charge < -0.3 is 16.2 Å². The molecule has 7 nitrogen and oxygen atoms in total. The highest BCUT2D eigenvalue weighted by Crippen LogP contribution is 2.19. The maximum absolute atomic E-state index is 11.8. The summed E-state index contributed by atoms with van der Waals surface area (Å²) in [4.78, 5) is 11.1. The van der Waals surface area contributed by atoms with E-state index in [1.165, 1.54) is 0 Å². The van der Waals surface area contributed by atoms with Gasteiger partial charge in [0.05, 0.1) is 6.54 Å². The summed E-state index contributed by atoms with van der Waals surface area (Å²) < 4.78 is 39.6. The third kappa shape index (κ3) is 2.82. The number of nitrogen functional groups attached to an aromatic ring is 1. The average Bonchev–Trinajstić information content (AvgIpc) is 2.58. The lowest BCUT2D eigenvalue weighted by Gasteiger charge is -2.14. The topological polar surface area (TPSA) is 114 Å². The summed E-state index contributed by atoms with van der Waals surface area (Å²) in [6.07, 6.45) is -7.46. The second kappa shape index (κ2) is 4.35. The third-order valence-corrected chi connectivity index (χ3v) is 1.56. The smallest absolute Gasteiger partial charge is 0.382 e. The highest BCUT2D eigenvalue weighted by molar-refractivity contribution is 5.95. The zero-order chi connectivity index (χ0) is 12.3. The molecule has 4 N–H and O–H groups in total. The number of nitrogens with one attached hydrogen (secondary N) is 1. The molecule has 0 aliphatic heterocycles.